The van der Waals surface area contributed by atoms with Crippen LogP contribution in [-0.2, 0) is 10.6 Å². The van der Waals surface area contributed by atoms with Gasteiger partial charge in [0, 0.05) is 17.2 Å². The fourth-order valence-electron chi connectivity index (χ4n) is 1.69. The van der Waals surface area contributed by atoms with Crippen molar-refractivity contribution in [2.45, 2.75) is 31.3 Å². The largest absolute Gasteiger partial charge is 0.435 e. The Balaban J connectivity index is 1.97. The topological polar surface area (TPSA) is 30.8 Å². The summed E-state index contributed by atoms with van der Waals surface area (Å²) < 4.78 is 28.8. The number of halogens is 4. The first-order valence-electron chi connectivity index (χ1n) is 6.09. The zero-order chi connectivity index (χ0) is 15.5. The lowest BCUT2D eigenvalue weighted by Crippen LogP contribution is -2.26. The summed E-state index contributed by atoms with van der Waals surface area (Å²) in [6.07, 6.45) is 0.617. The number of hydrogen-bond acceptors (Lipinski definition) is 4. The van der Waals surface area contributed by atoms with Crippen LogP contribution in [0.2, 0.25) is 5.02 Å². The van der Waals surface area contributed by atoms with Crippen LogP contribution in [0, 0.1) is 0 Å². The molecule has 0 N–H and O–H groups in total. The summed E-state index contributed by atoms with van der Waals surface area (Å²) in [6.45, 7) is -0.982. The van der Waals surface area contributed by atoms with Crippen LogP contribution >= 0.6 is 35.0 Å². The van der Waals surface area contributed by atoms with Crippen LogP contribution in [0.3, 0.4) is 0 Å². The third kappa shape index (κ3) is 4.63. The molecule has 1 unspecified atom stereocenters. The van der Waals surface area contributed by atoms with Crippen LogP contribution < -0.4 is 4.74 Å². The summed E-state index contributed by atoms with van der Waals surface area (Å²) >= 11 is 13.3. The minimum Gasteiger partial charge on any atom is -0.435 e. The number of alkyl halides is 3. The van der Waals surface area contributed by atoms with Gasteiger partial charge in [0.25, 0.3) is 0 Å². The first-order valence-corrected chi connectivity index (χ1v) is 7.99. The Hall–Kier alpha value is -0.720. The van der Waals surface area contributed by atoms with Crippen molar-refractivity contribution in [1.29, 1.82) is 0 Å². The van der Waals surface area contributed by atoms with Crippen LogP contribution in [0.15, 0.2) is 23.4 Å². The highest BCUT2D eigenvalue weighted by molar-refractivity contribution is 8.13. The molecule has 116 valence electrons. The maximum absolute atomic E-state index is 12.2. The summed E-state index contributed by atoms with van der Waals surface area (Å²) in [5.41, 5.74) is 0.218. The van der Waals surface area contributed by atoms with Crippen LogP contribution in [0.5, 0.6) is 5.75 Å². The van der Waals surface area contributed by atoms with E-state index < -0.39 is 12.2 Å². The second-order valence-electron chi connectivity index (χ2n) is 4.76. The molecule has 0 fully saturated rings. The van der Waals surface area contributed by atoms with Gasteiger partial charge in [-0.25, -0.2) is 0 Å². The molecule has 8 heteroatoms. The molecule has 0 saturated heterocycles. The van der Waals surface area contributed by atoms with E-state index in [9.17, 15) is 8.78 Å². The molecule has 2 rings (SSSR count). The highest BCUT2D eigenvalue weighted by atomic mass is 35.5. The van der Waals surface area contributed by atoms with E-state index in [-0.39, 0.29) is 5.75 Å². The monoisotopic (exact) mass is 355 g/mol. The Kier molecular flexibility index (Phi) is 5.57. The second kappa shape index (κ2) is 7.03. The molecule has 1 aromatic rings. The summed E-state index contributed by atoms with van der Waals surface area (Å²) in [5.74, 6) is 0.916. The van der Waals surface area contributed by atoms with Crippen LogP contribution in [-0.4, -0.2) is 23.1 Å². The van der Waals surface area contributed by atoms with Gasteiger partial charge < -0.3 is 9.57 Å². The van der Waals surface area contributed by atoms with Crippen molar-refractivity contribution in [3.63, 3.8) is 0 Å². The van der Waals surface area contributed by atoms with Crippen molar-refractivity contribution < 1.29 is 18.4 Å². The Morgan fingerprint density at radius 1 is 1.52 bits per heavy atom. The lowest BCUT2D eigenvalue weighted by Gasteiger charge is -2.16. The molecule has 1 atom stereocenters. The smallest absolute Gasteiger partial charge is 0.387 e. The average Bonchev–Trinajstić information content (AvgIpc) is 2.81. The summed E-state index contributed by atoms with van der Waals surface area (Å²) in [7, 11) is 0. The lowest BCUT2D eigenvalue weighted by molar-refractivity contribution is -0.0498. The molecular formula is C13H13Cl2F2NO2S. The summed E-state index contributed by atoms with van der Waals surface area (Å²) in [5, 5.41) is 5.27. The number of oxime groups is 1. The molecule has 0 radical (unpaired) electrons. The normalized spacial score (nSPS) is 21.3. The highest BCUT2D eigenvalue weighted by Gasteiger charge is 2.33. The van der Waals surface area contributed by atoms with Gasteiger partial charge in [0.15, 0.2) is 5.60 Å². The summed E-state index contributed by atoms with van der Waals surface area (Å²) in [6, 6.07) is 4.44. The zero-order valence-electron chi connectivity index (χ0n) is 11.1. The van der Waals surface area contributed by atoms with Gasteiger partial charge in [-0.2, -0.15) is 8.78 Å². The van der Waals surface area contributed by atoms with Crippen LogP contribution in [0.25, 0.3) is 0 Å². The first-order chi connectivity index (χ1) is 9.92. The first kappa shape index (κ1) is 16.6. The van der Waals surface area contributed by atoms with E-state index in [4.69, 9.17) is 28.0 Å². The standard InChI is InChI=1S/C13H13Cl2F2NO2S/c1-13(7-14)5-11(18-20-13)21-6-8-4-9(19-12(16)17)2-3-10(8)15/h2-4,12H,5-7H2,1H3. The molecule has 0 amide bonds. The summed E-state index contributed by atoms with van der Waals surface area (Å²) in [4.78, 5) is 5.28. The number of benzene rings is 1. The van der Waals surface area contributed by atoms with Crippen LogP contribution in [0.1, 0.15) is 18.9 Å². The maximum atomic E-state index is 12.2. The molecule has 0 spiro atoms. The number of ether oxygens (including phenoxy) is 1. The Morgan fingerprint density at radius 2 is 2.29 bits per heavy atom. The van der Waals surface area contributed by atoms with Gasteiger partial charge in [-0.05, 0) is 30.7 Å². The third-order valence-electron chi connectivity index (χ3n) is 2.81. The van der Waals surface area contributed by atoms with Crippen molar-refractivity contribution in [3.05, 3.63) is 28.8 Å². The predicted molar refractivity (Wildman–Crippen MR) is 81.6 cm³/mol. The van der Waals surface area contributed by atoms with Crippen molar-refractivity contribution >= 4 is 40.0 Å². The molecule has 1 aliphatic heterocycles. The van der Waals surface area contributed by atoms with E-state index >= 15 is 0 Å². The fourth-order valence-corrected chi connectivity index (χ4v) is 3.16. The molecular weight excluding hydrogens is 343 g/mol. The molecule has 0 aliphatic carbocycles. The van der Waals surface area contributed by atoms with Crippen molar-refractivity contribution in [2.75, 3.05) is 5.88 Å². The predicted octanol–water partition coefficient (Wildman–Crippen LogP) is 4.91. The molecule has 0 aromatic heterocycles. The number of nitrogens with zero attached hydrogens (tertiary/aromatic N) is 1. The fraction of sp³-hybridized carbons (Fsp3) is 0.462. The minimum atomic E-state index is -2.86. The van der Waals surface area contributed by atoms with Gasteiger partial charge >= 0.3 is 6.61 Å². The van der Waals surface area contributed by atoms with Gasteiger partial charge in [0.1, 0.15) is 10.8 Å². The van der Waals surface area contributed by atoms with E-state index in [0.29, 0.717) is 28.6 Å². The molecule has 21 heavy (non-hydrogen) atoms. The molecule has 1 heterocycles. The van der Waals surface area contributed by atoms with Crippen LogP contribution in [0.4, 0.5) is 8.78 Å². The van der Waals surface area contributed by atoms with E-state index in [1.807, 2.05) is 6.92 Å². The SMILES string of the molecule is CC1(CCl)CC(SCc2cc(OC(F)F)ccc2Cl)=NO1. The molecule has 0 bridgehead atoms. The minimum absolute atomic E-state index is 0.0835. The second-order valence-corrected chi connectivity index (χ2v) is 6.48. The number of hydrogen-bond donors (Lipinski definition) is 0. The van der Waals surface area contributed by atoms with E-state index in [1.54, 1.807) is 0 Å². The van der Waals surface area contributed by atoms with Gasteiger partial charge in [-0.1, -0.05) is 16.8 Å². The van der Waals surface area contributed by atoms with Crippen molar-refractivity contribution in [3.8, 4) is 5.75 Å². The average molecular weight is 356 g/mol. The molecule has 3 nitrogen and oxygen atoms in total. The van der Waals surface area contributed by atoms with E-state index in [0.717, 1.165) is 5.04 Å². The number of rotatable bonds is 5. The Morgan fingerprint density at radius 3 is 2.90 bits per heavy atom. The van der Waals surface area contributed by atoms with Gasteiger partial charge in [0.2, 0.25) is 0 Å². The van der Waals surface area contributed by atoms with Gasteiger partial charge in [-0.3, -0.25) is 0 Å². The Labute approximate surface area is 135 Å². The van der Waals surface area contributed by atoms with Gasteiger partial charge in [0.05, 0.1) is 5.88 Å². The highest BCUT2D eigenvalue weighted by Crippen LogP contribution is 2.33. The van der Waals surface area contributed by atoms with E-state index in [1.165, 1.54) is 30.0 Å². The quantitative estimate of drug-likeness (QED) is 0.703. The zero-order valence-corrected chi connectivity index (χ0v) is 13.4. The number of thioether (sulfide) groups is 1. The van der Waals surface area contributed by atoms with Gasteiger partial charge in [-0.15, -0.1) is 23.4 Å². The lowest BCUT2D eigenvalue weighted by atomic mass is 10.1. The third-order valence-corrected chi connectivity index (χ3v) is 4.75. The van der Waals surface area contributed by atoms with Crippen molar-refractivity contribution in [2.24, 2.45) is 5.16 Å². The molecule has 0 saturated carbocycles. The molecule has 1 aliphatic rings. The molecule has 1 aromatic carbocycles. The Bertz CT molecular complexity index is 545. The van der Waals surface area contributed by atoms with Crippen molar-refractivity contribution in [1.82, 2.24) is 0 Å². The van der Waals surface area contributed by atoms with E-state index in [2.05, 4.69) is 9.89 Å². The maximum Gasteiger partial charge on any atom is 0.387 e.